The van der Waals surface area contributed by atoms with Gasteiger partial charge in [0.2, 0.25) is 0 Å². The molecular weight excluding hydrogens is 215 g/mol. The molecule has 0 saturated carbocycles. The predicted octanol–water partition coefficient (Wildman–Crippen LogP) is 2.79. The van der Waals surface area contributed by atoms with Gasteiger partial charge in [-0.05, 0) is 12.3 Å². The summed E-state index contributed by atoms with van der Waals surface area (Å²) in [4.78, 5) is 0. The zero-order valence-corrected chi connectivity index (χ0v) is 7.64. The van der Waals surface area contributed by atoms with Gasteiger partial charge >= 0.3 is 0 Å². The second-order valence-electron chi connectivity index (χ2n) is 2.17. The molecule has 0 aliphatic rings. The first-order chi connectivity index (χ1) is 3.81. The van der Waals surface area contributed by atoms with Crippen molar-refractivity contribution in [3.63, 3.8) is 0 Å². The Balaban J connectivity index is 2.92. The van der Waals surface area contributed by atoms with Crippen LogP contribution in [0.4, 0.5) is 0 Å². The van der Waals surface area contributed by atoms with E-state index in [1.54, 1.807) is 0 Å². The molecule has 0 rings (SSSR count). The lowest BCUT2D eigenvalue weighted by Crippen LogP contribution is -1.99. The number of halogens is 1. The lowest BCUT2D eigenvalue weighted by Gasteiger charge is -2.04. The molecule has 0 radical (unpaired) electrons. The summed E-state index contributed by atoms with van der Waals surface area (Å²) < 4.78 is 4.93. The van der Waals surface area contributed by atoms with Crippen molar-refractivity contribution in [3.8, 4) is 0 Å². The Bertz CT molecular complexity index is 41.8. The maximum absolute atomic E-state index is 4.93. The molecule has 0 heterocycles. The van der Waals surface area contributed by atoms with Crippen molar-refractivity contribution < 1.29 is 3.07 Å². The summed E-state index contributed by atoms with van der Waals surface area (Å²) in [5, 5.41) is 0. The highest BCUT2D eigenvalue weighted by Gasteiger charge is 1.97. The van der Waals surface area contributed by atoms with Gasteiger partial charge in [0.15, 0.2) is 0 Å². The van der Waals surface area contributed by atoms with Gasteiger partial charge in [-0.15, -0.1) is 0 Å². The average Bonchev–Trinajstić information content (AvgIpc) is 1.68. The largest absolute Gasteiger partial charge is 0.316 e. The van der Waals surface area contributed by atoms with E-state index in [4.69, 9.17) is 3.07 Å². The van der Waals surface area contributed by atoms with Gasteiger partial charge in [0, 0.05) is 0 Å². The molecule has 0 N–H and O–H groups in total. The number of hydrogen-bond acceptors (Lipinski definition) is 1. The standard InChI is InChI=1S/C6H13IO/c1-3-4-6(2)5-8-7/h6H,3-5H2,1-2H3. The highest BCUT2D eigenvalue weighted by atomic mass is 127. The van der Waals surface area contributed by atoms with Crippen LogP contribution >= 0.6 is 23.0 Å². The molecule has 50 valence electrons. The first-order valence-electron chi connectivity index (χ1n) is 3.04. The quantitative estimate of drug-likeness (QED) is 0.672. The Hall–Kier alpha value is 0.690. The van der Waals surface area contributed by atoms with Gasteiger partial charge in [0.1, 0.15) is 23.0 Å². The van der Waals surface area contributed by atoms with Crippen molar-refractivity contribution in [2.45, 2.75) is 26.7 Å². The molecular formula is C6H13IO. The predicted molar refractivity (Wildman–Crippen MR) is 44.0 cm³/mol. The van der Waals surface area contributed by atoms with Crippen LogP contribution in [0.1, 0.15) is 26.7 Å². The van der Waals surface area contributed by atoms with Gasteiger partial charge in [-0.25, -0.2) is 0 Å². The molecule has 1 unspecified atom stereocenters. The van der Waals surface area contributed by atoms with Crippen molar-refractivity contribution in [3.05, 3.63) is 0 Å². The van der Waals surface area contributed by atoms with Gasteiger partial charge in [0.05, 0.1) is 6.61 Å². The van der Waals surface area contributed by atoms with Crippen LogP contribution < -0.4 is 0 Å². The minimum atomic E-state index is 0.733. The van der Waals surface area contributed by atoms with E-state index in [2.05, 4.69) is 13.8 Å². The van der Waals surface area contributed by atoms with Crippen LogP contribution in [0, 0.1) is 5.92 Å². The van der Waals surface area contributed by atoms with E-state index >= 15 is 0 Å². The minimum Gasteiger partial charge on any atom is -0.316 e. The number of hydrogen-bond donors (Lipinski definition) is 0. The molecule has 0 amide bonds. The van der Waals surface area contributed by atoms with E-state index in [0.29, 0.717) is 0 Å². The lowest BCUT2D eigenvalue weighted by molar-refractivity contribution is 0.324. The minimum absolute atomic E-state index is 0.733. The first kappa shape index (κ1) is 8.69. The van der Waals surface area contributed by atoms with Crippen LogP contribution in [-0.2, 0) is 3.07 Å². The van der Waals surface area contributed by atoms with Crippen molar-refractivity contribution in [1.82, 2.24) is 0 Å². The Morgan fingerprint density at radius 1 is 1.62 bits per heavy atom. The van der Waals surface area contributed by atoms with E-state index in [1.807, 2.05) is 23.0 Å². The fraction of sp³-hybridized carbons (Fsp3) is 1.00. The van der Waals surface area contributed by atoms with Gasteiger partial charge in [-0.1, -0.05) is 20.3 Å². The Kier molecular flexibility index (Phi) is 6.32. The zero-order valence-electron chi connectivity index (χ0n) is 5.48. The van der Waals surface area contributed by atoms with E-state index in [9.17, 15) is 0 Å². The summed E-state index contributed by atoms with van der Waals surface area (Å²) in [6, 6.07) is 0. The van der Waals surface area contributed by atoms with Crippen LogP contribution in [0.25, 0.3) is 0 Å². The van der Waals surface area contributed by atoms with Crippen molar-refractivity contribution in [2.75, 3.05) is 6.61 Å². The van der Waals surface area contributed by atoms with Gasteiger partial charge in [-0.2, -0.15) is 0 Å². The monoisotopic (exact) mass is 228 g/mol. The van der Waals surface area contributed by atoms with Gasteiger partial charge < -0.3 is 3.07 Å². The molecule has 0 aliphatic carbocycles. The highest BCUT2D eigenvalue weighted by Crippen LogP contribution is 2.06. The number of rotatable bonds is 4. The second-order valence-corrected chi connectivity index (χ2v) is 2.79. The van der Waals surface area contributed by atoms with Crippen LogP contribution in [0.5, 0.6) is 0 Å². The smallest absolute Gasteiger partial charge is 0.109 e. The summed E-state index contributed by atoms with van der Waals surface area (Å²) in [5.74, 6) is 0.733. The summed E-state index contributed by atoms with van der Waals surface area (Å²) in [5.41, 5.74) is 0. The third-order valence-electron chi connectivity index (χ3n) is 1.13. The third kappa shape index (κ3) is 4.84. The lowest BCUT2D eigenvalue weighted by atomic mass is 10.1. The van der Waals surface area contributed by atoms with Gasteiger partial charge in [0.25, 0.3) is 0 Å². The maximum Gasteiger partial charge on any atom is 0.109 e. The van der Waals surface area contributed by atoms with Crippen LogP contribution in [0.3, 0.4) is 0 Å². The summed E-state index contributed by atoms with van der Waals surface area (Å²) in [6.07, 6.45) is 2.55. The van der Waals surface area contributed by atoms with Crippen LogP contribution in [0.15, 0.2) is 0 Å². The summed E-state index contributed by atoms with van der Waals surface area (Å²) in [6.45, 7) is 5.31. The van der Waals surface area contributed by atoms with Gasteiger partial charge in [-0.3, -0.25) is 0 Å². The summed E-state index contributed by atoms with van der Waals surface area (Å²) >= 11 is 1.94. The van der Waals surface area contributed by atoms with E-state index in [0.717, 1.165) is 12.5 Å². The first-order valence-corrected chi connectivity index (χ1v) is 3.92. The van der Waals surface area contributed by atoms with Crippen molar-refractivity contribution in [2.24, 2.45) is 5.92 Å². The van der Waals surface area contributed by atoms with Crippen LogP contribution in [0.2, 0.25) is 0 Å². The fourth-order valence-electron chi connectivity index (χ4n) is 0.684. The summed E-state index contributed by atoms with van der Waals surface area (Å²) in [7, 11) is 0. The van der Waals surface area contributed by atoms with E-state index in [-0.39, 0.29) is 0 Å². The molecule has 1 atom stereocenters. The molecule has 0 saturated heterocycles. The van der Waals surface area contributed by atoms with E-state index < -0.39 is 0 Å². The molecule has 8 heavy (non-hydrogen) atoms. The topological polar surface area (TPSA) is 9.23 Å². The van der Waals surface area contributed by atoms with Crippen molar-refractivity contribution >= 4 is 23.0 Å². The molecule has 0 aromatic rings. The molecule has 2 heteroatoms. The normalized spacial score (nSPS) is 13.9. The molecule has 0 aromatic carbocycles. The molecule has 0 aromatic heterocycles. The van der Waals surface area contributed by atoms with Crippen molar-refractivity contribution in [1.29, 1.82) is 0 Å². The molecule has 0 fully saturated rings. The maximum atomic E-state index is 4.93. The second kappa shape index (κ2) is 5.82. The fourth-order valence-corrected chi connectivity index (χ4v) is 1.30. The molecule has 0 bridgehead atoms. The molecule has 1 nitrogen and oxygen atoms in total. The zero-order chi connectivity index (χ0) is 6.41. The third-order valence-corrected chi connectivity index (χ3v) is 1.49. The molecule has 0 aliphatic heterocycles. The van der Waals surface area contributed by atoms with Crippen LogP contribution in [-0.4, -0.2) is 6.61 Å². The average molecular weight is 228 g/mol. The molecule has 0 spiro atoms. The Morgan fingerprint density at radius 3 is 2.62 bits per heavy atom. The highest BCUT2D eigenvalue weighted by molar-refractivity contribution is 14.1. The Labute approximate surface area is 65.5 Å². The Morgan fingerprint density at radius 2 is 2.25 bits per heavy atom. The SMILES string of the molecule is CCCC(C)COI. The van der Waals surface area contributed by atoms with E-state index in [1.165, 1.54) is 12.8 Å².